The Kier molecular flexibility index (Phi) is 3.62. The zero-order chi connectivity index (χ0) is 15.8. The quantitative estimate of drug-likeness (QED) is 0.825. The topological polar surface area (TPSA) is 47.3 Å². The van der Waals surface area contributed by atoms with Crippen LogP contribution >= 0.6 is 0 Å². The highest BCUT2D eigenvalue weighted by Crippen LogP contribution is 2.39. The molecule has 0 amide bonds. The van der Waals surface area contributed by atoms with E-state index in [0.717, 1.165) is 36.3 Å². The van der Waals surface area contributed by atoms with Crippen molar-refractivity contribution in [2.45, 2.75) is 31.5 Å². The van der Waals surface area contributed by atoms with Crippen molar-refractivity contribution in [3.05, 3.63) is 82.2 Å². The summed E-state index contributed by atoms with van der Waals surface area (Å²) < 4.78 is 6.14. The van der Waals surface area contributed by atoms with Gasteiger partial charge < -0.3 is 15.8 Å². The van der Waals surface area contributed by atoms with Gasteiger partial charge in [-0.25, -0.2) is 0 Å². The maximum absolute atomic E-state index is 6.37. The van der Waals surface area contributed by atoms with Gasteiger partial charge in [-0.05, 0) is 36.5 Å². The fraction of sp³-hybridized carbons (Fsp3) is 0.263. The fourth-order valence-electron chi connectivity index (χ4n) is 3.51. The lowest BCUT2D eigenvalue weighted by Gasteiger charge is -2.25. The minimum atomic E-state index is -0.109. The van der Waals surface area contributed by atoms with Gasteiger partial charge >= 0.3 is 0 Å². The zero-order valence-corrected chi connectivity index (χ0v) is 13.4. The molecule has 0 aromatic heterocycles. The molecule has 1 fully saturated rings. The first-order chi connectivity index (χ1) is 11.2. The van der Waals surface area contributed by atoms with E-state index in [1.807, 2.05) is 18.2 Å². The average Bonchev–Trinajstić information content (AvgIpc) is 3.02. The SMILES string of the molecule is BC1=CCC(N)C(C2=C3NC(c4ccccc4)OC3=CCC2)=C1. The van der Waals surface area contributed by atoms with Crippen molar-refractivity contribution in [2.24, 2.45) is 5.73 Å². The molecule has 2 atom stereocenters. The zero-order valence-electron chi connectivity index (χ0n) is 13.4. The molecule has 1 aliphatic heterocycles. The Morgan fingerprint density at radius 2 is 2.00 bits per heavy atom. The van der Waals surface area contributed by atoms with Crippen LogP contribution in [0.3, 0.4) is 0 Å². The van der Waals surface area contributed by atoms with Gasteiger partial charge in [-0.2, -0.15) is 0 Å². The molecule has 0 spiro atoms. The highest BCUT2D eigenvalue weighted by Gasteiger charge is 2.32. The van der Waals surface area contributed by atoms with Crippen LogP contribution in [0.5, 0.6) is 0 Å². The summed E-state index contributed by atoms with van der Waals surface area (Å²) in [5.41, 5.74) is 12.5. The predicted molar refractivity (Wildman–Crippen MR) is 95.0 cm³/mol. The van der Waals surface area contributed by atoms with Crippen LogP contribution in [0.2, 0.25) is 0 Å². The molecule has 1 saturated heterocycles. The Bertz CT molecular complexity index is 746. The van der Waals surface area contributed by atoms with E-state index in [0.29, 0.717) is 0 Å². The first-order valence-corrected chi connectivity index (χ1v) is 8.28. The first-order valence-electron chi connectivity index (χ1n) is 8.28. The number of hydrogen-bond acceptors (Lipinski definition) is 3. The summed E-state index contributed by atoms with van der Waals surface area (Å²) in [5.74, 6) is 0.973. The van der Waals surface area contributed by atoms with Crippen LogP contribution in [-0.4, -0.2) is 13.9 Å². The van der Waals surface area contributed by atoms with E-state index in [1.165, 1.54) is 16.6 Å². The van der Waals surface area contributed by atoms with E-state index in [9.17, 15) is 0 Å². The normalized spacial score (nSPS) is 26.6. The van der Waals surface area contributed by atoms with Gasteiger partial charge in [-0.1, -0.05) is 48.0 Å². The predicted octanol–water partition coefficient (Wildman–Crippen LogP) is 2.41. The Morgan fingerprint density at radius 1 is 1.17 bits per heavy atom. The third-order valence-electron chi connectivity index (χ3n) is 4.72. The number of benzene rings is 1. The summed E-state index contributed by atoms with van der Waals surface area (Å²) >= 11 is 0. The number of rotatable bonds is 2. The highest BCUT2D eigenvalue weighted by molar-refractivity contribution is 6.23. The van der Waals surface area contributed by atoms with E-state index < -0.39 is 0 Å². The van der Waals surface area contributed by atoms with Gasteiger partial charge in [0.1, 0.15) is 13.6 Å². The monoisotopic (exact) mass is 304 g/mol. The summed E-state index contributed by atoms with van der Waals surface area (Å²) in [4.78, 5) is 0. The average molecular weight is 304 g/mol. The third kappa shape index (κ3) is 2.64. The number of allylic oxidation sites excluding steroid dienone is 3. The smallest absolute Gasteiger partial charge is 0.196 e. The lowest BCUT2D eigenvalue weighted by atomic mass is 9.80. The minimum Gasteiger partial charge on any atom is -0.465 e. The molecule has 0 bridgehead atoms. The molecule has 3 N–H and O–H groups in total. The van der Waals surface area contributed by atoms with Crippen LogP contribution in [0.1, 0.15) is 31.1 Å². The van der Waals surface area contributed by atoms with Gasteiger partial charge in [0.2, 0.25) is 0 Å². The van der Waals surface area contributed by atoms with Crippen molar-refractivity contribution in [1.29, 1.82) is 0 Å². The van der Waals surface area contributed by atoms with Crippen LogP contribution in [0.4, 0.5) is 0 Å². The van der Waals surface area contributed by atoms with Gasteiger partial charge in [-0.15, -0.1) is 0 Å². The second-order valence-electron chi connectivity index (χ2n) is 6.40. The summed E-state index contributed by atoms with van der Waals surface area (Å²) in [6, 6.07) is 10.4. The summed E-state index contributed by atoms with van der Waals surface area (Å²) in [6.45, 7) is 0. The van der Waals surface area contributed by atoms with Crippen molar-refractivity contribution in [2.75, 3.05) is 0 Å². The van der Waals surface area contributed by atoms with E-state index >= 15 is 0 Å². The molecule has 0 saturated carbocycles. The van der Waals surface area contributed by atoms with Crippen LogP contribution in [0.15, 0.2) is 76.6 Å². The standard InChI is InChI=1S/C19H21BN2O/c20-13-9-10-16(21)15(11-13)14-7-4-8-17-18(14)22-19(23-17)12-5-2-1-3-6-12/h1-3,5-6,8-9,11,16,19,22H,4,7,10,20-21H2. The number of nitrogens with one attached hydrogen (secondary N) is 1. The molecule has 1 aromatic rings. The minimum absolute atomic E-state index is 0.0816. The van der Waals surface area contributed by atoms with Crippen molar-refractivity contribution < 1.29 is 4.74 Å². The van der Waals surface area contributed by atoms with Crippen LogP contribution in [0.25, 0.3) is 0 Å². The fourth-order valence-corrected chi connectivity index (χ4v) is 3.51. The maximum Gasteiger partial charge on any atom is 0.196 e. The number of hydrogen-bond donors (Lipinski definition) is 2. The Balaban J connectivity index is 1.71. The highest BCUT2D eigenvalue weighted by atomic mass is 16.5. The summed E-state index contributed by atoms with van der Waals surface area (Å²) in [7, 11) is 2.14. The van der Waals surface area contributed by atoms with Crippen molar-refractivity contribution in [3.8, 4) is 0 Å². The number of nitrogens with two attached hydrogens (primary N) is 1. The molecule has 4 heteroatoms. The molecule has 0 radical (unpaired) electrons. The maximum atomic E-state index is 6.37. The Labute approximate surface area is 138 Å². The van der Waals surface area contributed by atoms with Gasteiger partial charge in [-0.3, -0.25) is 0 Å². The van der Waals surface area contributed by atoms with E-state index in [4.69, 9.17) is 10.5 Å². The lowest BCUT2D eigenvalue weighted by molar-refractivity contribution is 0.147. The van der Waals surface area contributed by atoms with E-state index in [-0.39, 0.29) is 12.3 Å². The molecule has 2 unspecified atom stereocenters. The number of ether oxygens (including phenoxy) is 1. The van der Waals surface area contributed by atoms with Gasteiger partial charge in [0.05, 0.1) is 5.70 Å². The molecule has 2 aliphatic carbocycles. The summed E-state index contributed by atoms with van der Waals surface area (Å²) in [6.07, 6.45) is 9.46. The van der Waals surface area contributed by atoms with Crippen LogP contribution < -0.4 is 11.1 Å². The largest absolute Gasteiger partial charge is 0.465 e. The first kappa shape index (κ1) is 14.4. The Morgan fingerprint density at radius 3 is 2.83 bits per heavy atom. The molecule has 3 nitrogen and oxygen atoms in total. The Hall–Kier alpha value is -2.20. The van der Waals surface area contributed by atoms with E-state index in [2.05, 4.69) is 43.5 Å². The lowest BCUT2D eigenvalue weighted by Crippen LogP contribution is -2.27. The van der Waals surface area contributed by atoms with Gasteiger partial charge in [0.15, 0.2) is 6.23 Å². The molecular weight excluding hydrogens is 283 g/mol. The molecule has 1 heterocycles. The second-order valence-corrected chi connectivity index (χ2v) is 6.40. The molecular formula is C19H21BN2O. The van der Waals surface area contributed by atoms with Crippen LogP contribution in [0, 0.1) is 0 Å². The molecule has 23 heavy (non-hydrogen) atoms. The molecule has 116 valence electrons. The van der Waals surface area contributed by atoms with Gasteiger partial charge in [0, 0.05) is 11.6 Å². The van der Waals surface area contributed by atoms with Gasteiger partial charge in [0.25, 0.3) is 0 Å². The third-order valence-corrected chi connectivity index (χ3v) is 4.72. The van der Waals surface area contributed by atoms with Crippen molar-refractivity contribution >= 4 is 7.85 Å². The second kappa shape index (κ2) is 5.78. The summed E-state index contributed by atoms with van der Waals surface area (Å²) in [5, 5.41) is 3.57. The molecule has 3 aliphatic rings. The van der Waals surface area contributed by atoms with Crippen molar-refractivity contribution in [1.82, 2.24) is 5.32 Å². The number of fused-ring (bicyclic) bond motifs is 1. The van der Waals surface area contributed by atoms with E-state index in [1.54, 1.807) is 0 Å². The molecule has 1 aromatic carbocycles. The van der Waals surface area contributed by atoms with Crippen LogP contribution in [-0.2, 0) is 4.74 Å². The molecule has 4 rings (SSSR count). The van der Waals surface area contributed by atoms with Crippen molar-refractivity contribution in [3.63, 3.8) is 0 Å².